The van der Waals surface area contributed by atoms with Crippen molar-refractivity contribution in [2.24, 2.45) is 0 Å². The van der Waals surface area contributed by atoms with Gasteiger partial charge in [-0.15, -0.1) is 0 Å². The molecule has 0 fully saturated rings. The Morgan fingerprint density at radius 3 is 2.29 bits per heavy atom. The predicted octanol–water partition coefficient (Wildman–Crippen LogP) is 4.67. The summed E-state index contributed by atoms with van der Waals surface area (Å²) in [5, 5.41) is 11.1. The van der Waals surface area contributed by atoms with E-state index in [0.29, 0.717) is 18.8 Å². The van der Waals surface area contributed by atoms with Crippen LogP contribution in [-0.2, 0) is 10.2 Å². The van der Waals surface area contributed by atoms with Gasteiger partial charge >= 0.3 is 11.7 Å². The summed E-state index contributed by atoms with van der Waals surface area (Å²) >= 11 is 0. The van der Waals surface area contributed by atoms with E-state index in [-0.39, 0.29) is 23.3 Å². The van der Waals surface area contributed by atoms with E-state index in [4.69, 9.17) is 14.2 Å². The number of methoxy groups -OCH3 is 1. The zero-order valence-corrected chi connectivity index (χ0v) is 16.6. The van der Waals surface area contributed by atoms with Crippen molar-refractivity contribution in [2.45, 2.75) is 39.0 Å². The summed E-state index contributed by atoms with van der Waals surface area (Å²) in [5.74, 6) is 0.388. The maximum Gasteiger partial charge on any atom is 0.315 e. The molecule has 28 heavy (non-hydrogen) atoms. The summed E-state index contributed by atoms with van der Waals surface area (Å²) in [5.41, 5.74) is 0.971. The van der Waals surface area contributed by atoms with E-state index in [1.807, 2.05) is 24.3 Å². The molecule has 0 spiro atoms. The smallest absolute Gasteiger partial charge is 0.315 e. The lowest BCUT2D eigenvalue weighted by atomic mass is 9.87. The summed E-state index contributed by atoms with van der Waals surface area (Å²) in [4.78, 5) is 22.5. The summed E-state index contributed by atoms with van der Waals surface area (Å²) in [7, 11) is 1.40. The molecule has 0 aromatic heterocycles. The van der Waals surface area contributed by atoms with Gasteiger partial charge in [0.1, 0.15) is 11.5 Å². The molecule has 0 bridgehead atoms. The highest BCUT2D eigenvalue weighted by Gasteiger charge is 2.19. The van der Waals surface area contributed by atoms with Crippen LogP contribution in [0.25, 0.3) is 0 Å². The number of rotatable bonds is 8. The van der Waals surface area contributed by atoms with Crippen molar-refractivity contribution in [3.8, 4) is 17.2 Å². The standard InChI is InChI=1S/C21H25NO6/c1-21(2,3)15-7-9-16(10-8-15)27-13-5-6-20(23)28-19-12-11-17(26-4)14-18(19)22(24)25/h7-12,14H,5-6,13H2,1-4H3. The Bertz CT molecular complexity index is 824. The van der Waals surface area contributed by atoms with Crippen molar-refractivity contribution in [1.82, 2.24) is 0 Å². The normalized spacial score (nSPS) is 11.0. The van der Waals surface area contributed by atoms with Gasteiger partial charge in [0.2, 0.25) is 5.75 Å². The fourth-order valence-electron chi connectivity index (χ4n) is 2.48. The number of nitro benzene ring substituents is 1. The van der Waals surface area contributed by atoms with Gasteiger partial charge in [0.15, 0.2) is 0 Å². The van der Waals surface area contributed by atoms with Crippen LogP contribution in [0.3, 0.4) is 0 Å². The lowest BCUT2D eigenvalue weighted by Gasteiger charge is -2.19. The highest BCUT2D eigenvalue weighted by Crippen LogP contribution is 2.31. The molecule has 0 saturated carbocycles. The van der Waals surface area contributed by atoms with Crippen LogP contribution in [0, 0.1) is 10.1 Å². The zero-order chi connectivity index (χ0) is 20.7. The minimum absolute atomic E-state index is 0.0757. The fraction of sp³-hybridized carbons (Fsp3) is 0.381. The predicted molar refractivity (Wildman–Crippen MR) is 105 cm³/mol. The summed E-state index contributed by atoms with van der Waals surface area (Å²) in [6.45, 7) is 6.76. The molecule has 2 aromatic rings. The van der Waals surface area contributed by atoms with Gasteiger partial charge in [-0.25, -0.2) is 0 Å². The number of hydrogen-bond donors (Lipinski definition) is 0. The molecule has 0 aliphatic heterocycles. The number of nitrogens with zero attached hydrogens (tertiary/aromatic N) is 1. The molecule has 0 atom stereocenters. The van der Waals surface area contributed by atoms with E-state index in [0.717, 1.165) is 5.75 Å². The van der Waals surface area contributed by atoms with Gasteiger partial charge in [-0.05, 0) is 41.7 Å². The number of benzene rings is 2. The van der Waals surface area contributed by atoms with Crippen molar-refractivity contribution in [1.29, 1.82) is 0 Å². The average molecular weight is 387 g/mol. The molecule has 0 radical (unpaired) electrons. The van der Waals surface area contributed by atoms with E-state index in [1.54, 1.807) is 0 Å². The second-order valence-electron chi connectivity index (χ2n) is 7.29. The Kier molecular flexibility index (Phi) is 6.98. The number of ether oxygens (including phenoxy) is 3. The van der Waals surface area contributed by atoms with Crippen LogP contribution in [0.2, 0.25) is 0 Å². The fourth-order valence-corrected chi connectivity index (χ4v) is 2.48. The first kappa shape index (κ1) is 21.2. The van der Waals surface area contributed by atoms with Gasteiger partial charge in [-0.1, -0.05) is 32.9 Å². The van der Waals surface area contributed by atoms with Gasteiger partial charge in [-0.2, -0.15) is 0 Å². The maximum atomic E-state index is 12.0. The Labute approximate surface area is 164 Å². The first-order valence-electron chi connectivity index (χ1n) is 8.97. The maximum absolute atomic E-state index is 12.0. The van der Waals surface area contributed by atoms with Gasteiger partial charge in [0.25, 0.3) is 0 Å². The van der Waals surface area contributed by atoms with Crippen LogP contribution in [0.4, 0.5) is 5.69 Å². The van der Waals surface area contributed by atoms with Crippen molar-refractivity contribution < 1.29 is 23.9 Å². The monoisotopic (exact) mass is 387 g/mol. The first-order valence-corrected chi connectivity index (χ1v) is 8.97. The summed E-state index contributed by atoms with van der Waals surface area (Å²) < 4.78 is 15.7. The molecule has 0 saturated heterocycles. The van der Waals surface area contributed by atoms with Crippen LogP contribution in [-0.4, -0.2) is 24.6 Å². The largest absolute Gasteiger partial charge is 0.496 e. The zero-order valence-electron chi connectivity index (χ0n) is 16.6. The van der Waals surface area contributed by atoms with Gasteiger partial charge in [0, 0.05) is 6.42 Å². The molecule has 0 heterocycles. The van der Waals surface area contributed by atoms with Gasteiger partial charge in [-0.3, -0.25) is 14.9 Å². The molecule has 7 heteroatoms. The van der Waals surface area contributed by atoms with Crippen LogP contribution in [0.5, 0.6) is 17.2 Å². The molecule has 0 aliphatic carbocycles. The third kappa shape index (κ3) is 5.97. The quantitative estimate of drug-likeness (QED) is 0.215. The lowest BCUT2D eigenvalue weighted by Crippen LogP contribution is -2.11. The third-order valence-corrected chi connectivity index (χ3v) is 4.10. The minimum Gasteiger partial charge on any atom is -0.496 e. The molecule has 0 unspecified atom stereocenters. The highest BCUT2D eigenvalue weighted by atomic mass is 16.6. The number of nitro groups is 1. The Morgan fingerprint density at radius 2 is 1.71 bits per heavy atom. The SMILES string of the molecule is COc1ccc(OC(=O)CCCOc2ccc(C(C)(C)C)cc2)c([N+](=O)[O-])c1. The van der Waals surface area contributed by atoms with E-state index in [9.17, 15) is 14.9 Å². The first-order chi connectivity index (χ1) is 13.2. The topological polar surface area (TPSA) is 87.9 Å². The van der Waals surface area contributed by atoms with E-state index < -0.39 is 10.9 Å². The molecule has 150 valence electrons. The second-order valence-corrected chi connectivity index (χ2v) is 7.29. The Balaban J connectivity index is 1.83. The molecule has 0 amide bonds. The Morgan fingerprint density at radius 1 is 1.07 bits per heavy atom. The average Bonchev–Trinajstić information content (AvgIpc) is 2.65. The second kappa shape index (κ2) is 9.21. The van der Waals surface area contributed by atoms with Crippen molar-refractivity contribution in [3.63, 3.8) is 0 Å². The molecular weight excluding hydrogens is 362 g/mol. The van der Waals surface area contributed by atoms with Crippen molar-refractivity contribution in [3.05, 3.63) is 58.1 Å². The van der Waals surface area contributed by atoms with E-state index >= 15 is 0 Å². The van der Waals surface area contributed by atoms with E-state index in [1.165, 1.54) is 30.9 Å². The highest BCUT2D eigenvalue weighted by molar-refractivity contribution is 5.74. The molecule has 0 aliphatic rings. The number of carbonyl (C=O) groups excluding carboxylic acids is 1. The number of hydrogen-bond acceptors (Lipinski definition) is 6. The number of esters is 1. The minimum atomic E-state index is -0.616. The summed E-state index contributed by atoms with van der Waals surface area (Å²) in [6, 6.07) is 11.9. The van der Waals surface area contributed by atoms with Gasteiger partial charge < -0.3 is 14.2 Å². The Hall–Kier alpha value is -3.09. The van der Waals surface area contributed by atoms with Crippen LogP contribution < -0.4 is 14.2 Å². The van der Waals surface area contributed by atoms with Crippen LogP contribution in [0.15, 0.2) is 42.5 Å². The van der Waals surface area contributed by atoms with Crippen molar-refractivity contribution >= 4 is 11.7 Å². The molecule has 0 N–H and O–H groups in total. The summed E-state index contributed by atoms with van der Waals surface area (Å²) in [6.07, 6.45) is 0.521. The van der Waals surface area contributed by atoms with Gasteiger partial charge in [0.05, 0.1) is 24.7 Å². The van der Waals surface area contributed by atoms with Crippen LogP contribution >= 0.6 is 0 Å². The third-order valence-electron chi connectivity index (χ3n) is 4.10. The van der Waals surface area contributed by atoms with Crippen molar-refractivity contribution in [2.75, 3.05) is 13.7 Å². The molecular formula is C21H25NO6. The molecule has 2 aromatic carbocycles. The lowest BCUT2D eigenvalue weighted by molar-refractivity contribution is -0.385. The molecule has 7 nitrogen and oxygen atoms in total. The van der Waals surface area contributed by atoms with Crippen LogP contribution in [0.1, 0.15) is 39.2 Å². The molecule has 2 rings (SSSR count). The number of carbonyl (C=O) groups is 1. The van der Waals surface area contributed by atoms with E-state index in [2.05, 4.69) is 20.8 Å².